The van der Waals surface area contributed by atoms with Gasteiger partial charge in [0.15, 0.2) is 0 Å². The van der Waals surface area contributed by atoms with Gasteiger partial charge in [-0.15, -0.1) is 0 Å². The highest BCUT2D eigenvalue weighted by molar-refractivity contribution is 5.94. The standard InChI is InChI=1S/C13H15FN2O/c1-8-11(14)3-2-4-12(8)16-13(17)9-5-6-10(15)7-9/h2-6,9-10H,7,15H2,1H3,(H,16,17). The first-order valence-corrected chi connectivity index (χ1v) is 5.58. The van der Waals surface area contributed by atoms with E-state index in [1.165, 1.54) is 6.07 Å². The molecule has 0 saturated heterocycles. The molecule has 0 radical (unpaired) electrons. The first kappa shape index (κ1) is 11.8. The Morgan fingerprint density at radius 2 is 2.24 bits per heavy atom. The molecular weight excluding hydrogens is 219 g/mol. The summed E-state index contributed by atoms with van der Waals surface area (Å²) >= 11 is 0. The van der Waals surface area contributed by atoms with Crippen molar-refractivity contribution in [1.82, 2.24) is 0 Å². The molecule has 90 valence electrons. The maximum atomic E-state index is 13.3. The molecule has 0 aromatic heterocycles. The zero-order valence-corrected chi connectivity index (χ0v) is 9.61. The molecule has 1 aliphatic rings. The highest BCUT2D eigenvalue weighted by Crippen LogP contribution is 2.21. The molecule has 0 spiro atoms. The van der Waals surface area contributed by atoms with Gasteiger partial charge in [-0.25, -0.2) is 4.39 Å². The Labute approximate surface area is 99.5 Å². The van der Waals surface area contributed by atoms with Crippen LogP contribution in [-0.4, -0.2) is 11.9 Å². The lowest BCUT2D eigenvalue weighted by molar-refractivity contribution is -0.118. The predicted molar refractivity (Wildman–Crippen MR) is 65.0 cm³/mol. The fraction of sp³-hybridized carbons (Fsp3) is 0.308. The number of benzene rings is 1. The number of carbonyl (C=O) groups excluding carboxylic acids is 1. The van der Waals surface area contributed by atoms with Crippen LogP contribution in [0.1, 0.15) is 12.0 Å². The number of hydrogen-bond acceptors (Lipinski definition) is 2. The van der Waals surface area contributed by atoms with Crippen molar-refractivity contribution in [3.63, 3.8) is 0 Å². The maximum absolute atomic E-state index is 13.3. The Morgan fingerprint density at radius 1 is 1.47 bits per heavy atom. The van der Waals surface area contributed by atoms with Crippen LogP contribution in [0.4, 0.5) is 10.1 Å². The molecule has 2 unspecified atom stereocenters. The van der Waals surface area contributed by atoms with Crippen LogP contribution in [0.3, 0.4) is 0 Å². The van der Waals surface area contributed by atoms with E-state index in [2.05, 4.69) is 5.32 Å². The lowest BCUT2D eigenvalue weighted by Gasteiger charge is -2.12. The molecule has 3 N–H and O–H groups in total. The minimum atomic E-state index is -0.318. The molecule has 2 rings (SSSR count). The largest absolute Gasteiger partial charge is 0.325 e. The molecule has 17 heavy (non-hydrogen) atoms. The van der Waals surface area contributed by atoms with Crippen molar-refractivity contribution in [1.29, 1.82) is 0 Å². The Morgan fingerprint density at radius 3 is 2.88 bits per heavy atom. The van der Waals surface area contributed by atoms with Crippen molar-refractivity contribution in [2.45, 2.75) is 19.4 Å². The lowest BCUT2D eigenvalue weighted by Crippen LogP contribution is -2.24. The van der Waals surface area contributed by atoms with E-state index in [-0.39, 0.29) is 23.7 Å². The van der Waals surface area contributed by atoms with Crippen LogP contribution in [-0.2, 0) is 4.79 Å². The van der Waals surface area contributed by atoms with E-state index in [0.29, 0.717) is 17.7 Å². The molecule has 0 bridgehead atoms. The molecule has 1 aliphatic carbocycles. The summed E-state index contributed by atoms with van der Waals surface area (Å²) in [5, 5.41) is 2.73. The summed E-state index contributed by atoms with van der Waals surface area (Å²) in [6.45, 7) is 1.64. The topological polar surface area (TPSA) is 55.1 Å². The Balaban J connectivity index is 2.09. The zero-order chi connectivity index (χ0) is 12.4. The lowest BCUT2D eigenvalue weighted by atomic mass is 10.1. The number of anilines is 1. The fourth-order valence-corrected chi connectivity index (χ4v) is 1.89. The van der Waals surface area contributed by atoms with Crippen molar-refractivity contribution in [3.05, 3.63) is 41.7 Å². The van der Waals surface area contributed by atoms with Crippen LogP contribution in [0.2, 0.25) is 0 Å². The number of rotatable bonds is 2. The quantitative estimate of drug-likeness (QED) is 0.769. The first-order chi connectivity index (χ1) is 8.08. The maximum Gasteiger partial charge on any atom is 0.231 e. The van der Waals surface area contributed by atoms with Crippen LogP contribution >= 0.6 is 0 Å². The van der Waals surface area contributed by atoms with Gasteiger partial charge in [-0.2, -0.15) is 0 Å². The van der Waals surface area contributed by atoms with Crippen LogP contribution in [0, 0.1) is 18.7 Å². The van der Waals surface area contributed by atoms with Crippen LogP contribution in [0.15, 0.2) is 30.4 Å². The molecular formula is C13H15FN2O. The molecule has 1 amide bonds. The average molecular weight is 234 g/mol. The Bertz CT molecular complexity index is 470. The van der Waals surface area contributed by atoms with E-state index >= 15 is 0 Å². The van der Waals surface area contributed by atoms with Crippen molar-refractivity contribution < 1.29 is 9.18 Å². The van der Waals surface area contributed by atoms with E-state index in [1.54, 1.807) is 25.1 Å². The number of hydrogen-bond donors (Lipinski definition) is 2. The molecule has 0 aliphatic heterocycles. The SMILES string of the molecule is Cc1c(F)cccc1NC(=O)C1C=CC(N)C1. The summed E-state index contributed by atoms with van der Waals surface area (Å²) < 4.78 is 13.3. The van der Waals surface area contributed by atoms with Gasteiger partial charge in [0.05, 0.1) is 5.92 Å². The monoisotopic (exact) mass is 234 g/mol. The third-order valence-electron chi connectivity index (χ3n) is 2.98. The average Bonchev–Trinajstić information content (AvgIpc) is 2.72. The number of nitrogens with two attached hydrogens (primary N) is 1. The summed E-state index contributed by atoms with van der Waals surface area (Å²) in [7, 11) is 0. The van der Waals surface area contributed by atoms with Gasteiger partial charge in [0.25, 0.3) is 0 Å². The normalized spacial score (nSPS) is 22.8. The van der Waals surface area contributed by atoms with Crippen LogP contribution in [0.25, 0.3) is 0 Å². The molecule has 0 saturated carbocycles. The molecule has 3 nitrogen and oxygen atoms in total. The molecule has 0 heterocycles. The highest BCUT2D eigenvalue weighted by atomic mass is 19.1. The van der Waals surface area contributed by atoms with E-state index in [4.69, 9.17) is 5.73 Å². The minimum absolute atomic E-state index is 0.0562. The van der Waals surface area contributed by atoms with Gasteiger partial charge < -0.3 is 11.1 Å². The van der Waals surface area contributed by atoms with Gasteiger partial charge in [0, 0.05) is 17.3 Å². The van der Waals surface area contributed by atoms with E-state index in [0.717, 1.165) is 0 Å². The molecule has 1 aromatic rings. The van der Waals surface area contributed by atoms with E-state index < -0.39 is 0 Å². The van der Waals surface area contributed by atoms with E-state index in [9.17, 15) is 9.18 Å². The molecule has 0 fully saturated rings. The van der Waals surface area contributed by atoms with Crippen molar-refractivity contribution in [2.24, 2.45) is 11.7 Å². The second-order valence-electron chi connectivity index (χ2n) is 4.29. The number of nitrogens with one attached hydrogen (secondary N) is 1. The van der Waals surface area contributed by atoms with E-state index in [1.807, 2.05) is 6.08 Å². The van der Waals surface area contributed by atoms with Gasteiger partial charge in [0.1, 0.15) is 5.82 Å². The van der Waals surface area contributed by atoms with Crippen molar-refractivity contribution >= 4 is 11.6 Å². The van der Waals surface area contributed by atoms with Crippen molar-refractivity contribution in [3.8, 4) is 0 Å². The predicted octanol–water partition coefficient (Wildman–Crippen LogP) is 1.98. The number of amides is 1. The minimum Gasteiger partial charge on any atom is -0.325 e. The molecule has 1 aromatic carbocycles. The number of carbonyl (C=O) groups is 1. The Kier molecular flexibility index (Phi) is 3.24. The third-order valence-corrected chi connectivity index (χ3v) is 2.98. The van der Waals surface area contributed by atoms with Gasteiger partial charge in [-0.1, -0.05) is 18.2 Å². The summed E-state index contributed by atoms with van der Waals surface area (Å²) in [6.07, 6.45) is 4.23. The zero-order valence-electron chi connectivity index (χ0n) is 9.61. The van der Waals surface area contributed by atoms with Gasteiger partial charge in [-0.3, -0.25) is 4.79 Å². The smallest absolute Gasteiger partial charge is 0.231 e. The molecule has 2 atom stereocenters. The second-order valence-corrected chi connectivity index (χ2v) is 4.29. The van der Waals surface area contributed by atoms with Gasteiger partial charge >= 0.3 is 0 Å². The van der Waals surface area contributed by atoms with Crippen LogP contribution in [0.5, 0.6) is 0 Å². The van der Waals surface area contributed by atoms with Gasteiger partial charge in [0.2, 0.25) is 5.91 Å². The van der Waals surface area contributed by atoms with Gasteiger partial charge in [-0.05, 0) is 25.5 Å². The fourth-order valence-electron chi connectivity index (χ4n) is 1.89. The molecule has 4 heteroatoms. The highest BCUT2D eigenvalue weighted by Gasteiger charge is 2.23. The summed E-state index contributed by atoms with van der Waals surface area (Å²) in [5.74, 6) is -0.669. The van der Waals surface area contributed by atoms with Crippen molar-refractivity contribution in [2.75, 3.05) is 5.32 Å². The Hall–Kier alpha value is -1.68. The second kappa shape index (κ2) is 4.67. The summed E-state index contributed by atoms with van der Waals surface area (Å²) in [4.78, 5) is 11.9. The summed E-state index contributed by atoms with van der Waals surface area (Å²) in [6, 6.07) is 4.58. The third kappa shape index (κ3) is 2.53. The number of halogens is 1. The first-order valence-electron chi connectivity index (χ1n) is 5.58. The van der Waals surface area contributed by atoms with Crippen LogP contribution < -0.4 is 11.1 Å². The summed E-state index contributed by atoms with van der Waals surface area (Å²) in [5.41, 5.74) is 6.65.